The molecule has 3 aliphatic heterocycles. The summed E-state index contributed by atoms with van der Waals surface area (Å²) in [5.74, 6) is 1.30. The molecule has 2 aromatic rings. The third-order valence-corrected chi connectivity index (χ3v) is 4.98. The van der Waals surface area contributed by atoms with Gasteiger partial charge in [-0.2, -0.15) is 4.98 Å². The van der Waals surface area contributed by atoms with E-state index in [1.807, 2.05) is 18.2 Å². The first-order chi connectivity index (χ1) is 10.2. The Morgan fingerprint density at radius 3 is 2.71 bits per heavy atom. The minimum absolute atomic E-state index is 0.248. The van der Waals surface area contributed by atoms with Crippen LogP contribution in [-0.2, 0) is 0 Å². The van der Waals surface area contributed by atoms with Gasteiger partial charge in [-0.15, -0.1) is 0 Å². The summed E-state index contributed by atoms with van der Waals surface area (Å²) in [6, 6.07) is 5.91. The lowest BCUT2D eigenvalue weighted by Gasteiger charge is -2.46. The molecule has 3 saturated heterocycles. The molecule has 3 aliphatic rings. The maximum Gasteiger partial charge on any atom is 0.258 e. The van der Waals surface area contributed by atoms with E-state index in [1.165, 1.54) is 0 Å². The number of nitrogen functional groups attached to an aromatic ring is 1. The minimum Gasteiger partial charge on any atom is -0.398 e. The molecule has 0 spiro atoms. The smallest absolute Gasteiger partial charge is 0.258 e. The lowest BCUT2D eigenvalue weighted by molar-refractivity contribution is 0.00781. The monoisotopic (exact) mass is 349 g/mol. The zero-order valence-electron chi connectivity index (χ0n) is 11.5. The highest BCUT2D eigenvalue weighted by atomic mass is 79.9. The Balaban J connectivity index is 1.62. The number of anilines is 1. The maximum absolute atomic E-state index is 5.91. The molecule has 1 atom stereocenters. The molecule has 7 heteroatoms. The summed E-state index contributed by atoms with van der Waals surface area (Å²) in [6.45, 7) is 5.44. The second kappa shape index (κ2) is 5.08. The number of rotatable bonds is 2. The topological polar surface area (TPSA) is 71.4 Å². The van der Waals surface area contributed by atoms with Crippen LogP contribution >= 0.6 is 15.9 Å². The molecule has 0 saturated carbocycles. The van der Waals surface area contributed by atoms with Crippen LogP contribution in [0.25, 0.3) is 11.5 Å². The van der Waals surface area contributed by atoms with E-state index >= 15 is 0 Å². The third kappa shape index (κ3) is 2.35. The van der Waals surface area contributed by atoms with E-state index in [0.717, 1.165) is 48.6 Å². The van der Waals surface area contributed by atoms with E-state index < -0.39 is 0 Å². The Kier molecular flexibility index (Phi) is 3.20. The highest BCUT2D eigenvalue weighted by molar-refractivity contribution is 9.10. The number of nitrogens with two attached hydrogens (primary N) is 1. The number of halogens is 1. The van der Waals surface area contributed by atoms with Crippen molar-refractivity contribution in [3.8, 4) is 11.5 Å². The number of nitrogens with zero attached hydrogens (tertiary/aromatic N) is 4. The number of hydrogen-bond acceptors (Lipinski definition) is 6. The van der Waals surface area contributed by atoms with Crippen LogP contribution in [0.3, 0.4) is 0 Å². The summed E-state index contributed by atoms with van der Waals surface area (Å²) in [6.07, 6.45) is 0. The van der Waals surface area contributed by atoms with E-state index in [2.05, 4.69) is 35.9 Å². The predicted molar refractivity (Wildman–Crippen MR) is 82.6 cm³/mol. The van der Waals surface area contributed by atoms with Gasteiger partial charge in [0.25, 0.3) is 5.89 Å². The lowest BCUT2D eigenvalue weighted by atomic mass is 10.1. The van der Waals surface area contributed by atoms with Crippen molar-refractivity contribution in [3.05, 3.63) is 28.5 Å². The Morgan fingerprint density at radius 2 is 2.05 bits per heavy atom. The van der Waals surface area contributed by atoms with Crippen LogP contribution < -0.4 is 5.73 Å². The standard InChI is InChI=1S/C14H16BrN5O/c15-10-2-1-9(7-11(10)16)14-17-13(18-21-14)12-8-19-3-5-20(12)6-4-19/h1-2,7,12H,3-6,8,16H2. The van der Waals surface area contributed by atoms with Gasteiger partial charge in [-0.25, -0.2) is 0 Å². The molecule has 3 fully saturated rings. The van der Waals surface area contributed by atoms with Crippen LogP contribution in [0.15, 0.2) is 27.2 Å². The molecule has 4 heterocycles. The molecule has 2 bridgehead atoms. The summed E-state index contributed by atoms with van der Waals surface area (Å²) < 4.78 is 6.30. The van der Waals surface area contributed by atoms with Crippen molar-refractivity contribution in [1.82, 2.24) is 19.9 Å². The van der Waals surface area contributed by atoms with Crippen LogP contribution in [-0.4, -0.2) is 52.7 Å². The Hall–Kier alpha value is -1.44. The highest BCUT2D eigenvalue weighted by Gasteiger charge is 2.35. The average molecular weight is 350 g/mol. The van der Waals surface area contributed by atoms with Crippen molar-refractivity contribution in [3.63, 3.8) is 0 Å². The van der Waals surface area contributed by atoms with Crippen LogP contribution in [0.4, 0.5) is 5.69 Å². The number of piperazine rings is 3. The fourth-order valence-corrected chi connectivity index (χ4v) is 3.27. The highest BCUT2D eigenvalue weighted by Crippen LogP contribution is 2.30. The molecular weight excluding hydrogens is 334 g/mol. The van der Waals surface area contributed by atoms with Gasteiger partial charge in [-0.3, -0.25) is 9.80 Å². The molecular formula is C14H16BrN5O. The molecule has 6 nitrogen and oxygen atoms in total. The lowest BCUT2D eigenvalue weighted by Crippen LogP contribution is -2.57. The van der Waals surface area contributed by atoms with Gasteiger partial charge in [-0.05, 0) is 34.1 Å². The second-order valence-corrected chi connectivity index (χ2v) is 6.40. The van der Waals surface area contributed by atoms with Crippen molar-refractivity contribution in [2.45, 2.75) is 6.04 Å². The summed E-state index contributed by atoms with van der Waals surface area (Å²) in [5.41, 5.74) is 7.42. The van der Waals surface area contributed by atoms with Crippen LogP contribution in [0.2, 0.25) is 0 Å². The summed E-state index contributed by atoms with van der Waals surface area (Å²) >= 11 is 3.39. The number of aromatic nitrogens is 2. The fourth-order valence-electron chi connectivity index (χ4n) is 3.03. The van der Waals surface area contributed by atoms with Gasteiger partial charge in [0.1, 0.15) is 0 Å². The van der Waals surface area contributed by atoms with E-state index in [9.17, 15) is 0 Å². The normalized spacial score (nSPS) is 28.0. The zero-order chi connectivity index (χ0) is 14.4. The van der Waals surface area contributed by atoms with Crippen LogP contribution in [0, 0.1) is 0 Å². The van der Waals surface area contributed by atoms with E-state index in [-0.39, 0.29) is 6.04 Å². The van der Waals surface area contributed by atoms with Gasteiger partial charge in [0, 0.05) is 48.4 Å². The van der Waals surface area contributed by atoms with E-state index in [1.54, 1.807) is 0 Å². The second-order valence-electron chi connectivity index (χ2n) is 5.55. The van der Waals surface area contributed by atoms with Gasteiger partial charge in [0.15, 0.2) is 5.82 Å². The first-order valence-corrected chi connectivity index (χ1v) is 7.85. The van der Waals surface area contributed by atoms with Gasteiger partial charge >= 0.3 is 0 Å². The van der Waals surface area contributed by atoms with Crippen molar-refractivity contribution < 1.29 is 4.52 Å². The predicted octanol–water partition coefficient (Wildman–Crippen LogP) is 1.75. The minimum atomic E-state index is 0.248. The van der Waals surface area contributed by atoms with Crippen molar-refractivity contribution in [1.29, 1.82) is 0 Å². The first kappa shape index (κ1) is 13.2. The Morgan fingerprint density at radius 1 is 1.24 bits per heavy atom. The number of benzene rings is 1. The molecule has 1 aromatic heterocycles. The van der Waals surface area contributed by atoms with Crippen molar-refractivity contribution in [2.24, 2.45) is 0 Å². The van der Waals surface area contributed by atoms with Crippen LogP contribution in [0.5, 0.6) is 0 Å². The molecule has 2 N–H and O–H groups in total. The third-order valence-electron chi connectivity index (χ3n) is 4.26. The number of hydrogen-bond donors (Lipinski definition) is 1. The Labute approximate surface area is 131 Å². The summed E-state index contributed by atoms with van der Waals surface area (Å²) in [5, 5.41) is 4.18. The molecule has 1 aromatic carbocycles. The SMILES string of the molecule is Nc1cc(-c2nc(C3CN4CCN3CC4)no2)ccc1Br. The van der Waals surface area contributed by atoms with E-state index in [4.69, 9.17) is 10.3 Å². The fraction of sp³-hybridized carbons (Fsp3) is 0.429. The van der Waals surface area contributed by atoms with Gasteiger partial charge < -0.3 is 10.3 Å². The molecule has 5 rings (SSSR count). The van der Waals surface area contributed by atoms with Gasteiger partial charge in [-0.1, -0.05) is 5.16 Å². The molecule has 0 amide bonds. The average Bonchev–Trinajstić information content (AvgIpc) is 3.01. The molecule has 0 aliphatic carbocycles. The van der Waals surface area contributed by atoms with Crippen molar-refractivity contribution in [2.75, 3.05) is 38.5 Å². The van der Waals surface area contributed by atoms with E-state index in [0.29, 0.717) is 11.6 Å². The Bertz CT molecular complexity index is 665. The first-order valence-electron chi connectivity index (χ1n) is 7.06. The van der Waals surface area contributed by atoms with Crippen molar-refractivity contribution >= 4 is 21.6 Å². The summed E-state index contributed by atoms with van der Waals surface area (Å²) in [7, 11) is 0. The zero-order valence-corrected chi connectivity index (χ0v) is 13.1. The van der Waals surface area contributed by atoms with Crippen LogP contribution in [0.1, 0.15) is 11.9 Å². The molecule has 21 heavy (non-hydrogen) atoms. The largest absolute Gasteiger partial charge is 0.398 e. The summed E-state index contributed by atoms with van der Waals surface area (Å²) in [4.78, 5) is 9.47. The molecule has 0 radical (unpaired) electrons. The number of fused-ring (bicyclic) bond motifs is 3. The maximum atomic E-state index is 5.91. The van der Waals surface area contributed by atoms with Gasteiger partial charge in [0.05, 0.1) is 6.04 Å². The molecule has 1 unspecified atom stereocenters. The quantitative estimate of drug-likeness (QED) is 0.833. The molecule has 110 valence electrons. The van der Waals surface area contributed by atoms with Gasteiger partial charge in [0.2, 0.25) is 0 Å².